The monoisotopic (exact) mass is 354 g/mol. The first kappa shape index (κ1) is 17.7. The van der Waals surface area contributed by atoms with E-state index in [1.165, 1.54) is 16.0 Å². The summed E-state index contributed by atoms with van der Waals surface area (Å²) in [6, 6.07) is 10.6. The molecular formula is C20H26N4S. The Labute approximate surface area is 154 Å². The Morgan fingerprint density at radius 1 is 1.28 bits per heavy atom. The number of likely N-dealkylation sites (tertiary alicyclic amines) is 1. The van der Waals surface area contributed by atoms with E-state index in [4.69, 9.17) is 4.99 Å². The number of rotatable bonds is 4. The lowest BCUT2D eigenvalue weighted by molar-refractivity contribution is 0.375. The molecular weight excluding hydrogens is 328 g/mol. The van der Waals surface area contributed by atoms with E-state index in [2.05, 4.69) is 58.5 Å². The van der Waals surface area contributed by atoms with E-state index in [1.807, 2.05) is 13.1 Å². The highest BCUT2D eigenvalue weighted by molar-refractivity contribution is 7.11. The highest BCUT2D eigenvalue weighted by Gasteiger charge is 2.17. The summed E-state index contributed by atoms with van der Waals surface area (Å²) in [6.45, 7) is 7.80. The maximum absolute atomic E-state index is 4.81. The number of thiazole rings is 1. The SMILES string of the molecule is CCNC(=NCc1cnc(C)s1)N1CCC(=Cc2ccccc2)CC1. The average molecular weight is 355 g/mol. The molecule has 0 atom stereocenters. The zero-order valence-electron chi connectivity index (χ0n) is 15.0. The number of piperidine rings is 1. The maximum Gasteiger partial charge on any atom is 0.194 e. The molecule has 25 heavy (non-hydrogen) atoms. The minimum atomic E-state index is 0.705. The van der Waals surface area contributed by atoms with E-state index < -0.39 is 0 Å². The van der Waals surface area contributed by atoms with Gasteiger partial charge in [-0.2, -0.15) is 0 Å². The van der Waals surface area contributed by atoms with Crippen molar-refractivity contribution in [3.63, 3.8) is 0 Å². The second-order valence-corrected chi connectivity index (χ2v) is 7.54. The lowest BCUT2D eigenvalue weighted by Gasteiger charge is -2.31. The van der Waals surface area contributed by atoms with E-state index in [9.17, 15) is 0 Å². The molecule has 1 aliphatic rings. The van der Waals surface area contributed by atoms with Crippen LogP contribution in [0.15, 0.2) is 47.1 Å². The fourth-order valence-electron chi connectivity index (χ4n) is 2.99. The summed E-state index contributed by atoms with van der Waals surface area (Å²) in [5.74, 6) is 1.02. The molecule has 0 saturated carbocycles. The third kappa shape index (κ3) is 5.16. The molecule has 1 N–H and O–H groups in total. The van der Waals surface area contributed by atoms with Gasteiger partial charge >= 0.3 is 0 Å². The second-order valence-electron chi connectivity index (χ2n) is 6.22. The normalized spacial score (nSPS) is 15.4. The second kappa shape index (κ2) is 8.81. The van der Waals surface area contributed by atoms with Crippen LogP contribution in [0.25, 0.3) is 6.08 Å². The minimum Gasteiger partial charge on any atom is -0.357 e. The van der Waals surface area contributed by atoms with Crippen molar-refractivity contribution in [2.45, 2.75) is 33.2 Å². The number of benzene rings is 1. The number of nitrogens with zero attached hydrogens (tertiary/aromatic N) is 3. The van der Waals surface area contributed by atoms with E-state index in [-0.39, 0.29) is 0 Å². The Kier molecular flexibility index (Phi) is 6.23. The van der Waals surface area contributed by atoms with Crippen molar-refractivity contribution >= 4 is 23.4 Å². The predicted molar refractivity (Wildman–Crippen MR) is 107 cm³/mol. The molecule has 132 valence electrons. The number of hydrogen-bond acceptors (Lipinski definition) is 3. The first-order valence-electron chi connectivity index (χ1n) is 8.93. The smallest absolute Gasteiger partial charge is 0.194 e. The van der Waals surface area contributed by atoms with Gasteiger partial charge in [0.05, 0.1) is 11.6 Å². The largest absolute Gasteiger partial charge is 0.357 e. The molecule has 0 spiro atoms. The minimum absolute atomic E-state index is 0.705. The lowest BCUT2D eigenvalue weighted by atomic mass is 10.0. The molecule has 2 heterocycles. The zero-order chi connectivity index (χ0) is 17.5. The van der Waals surface area contributed by atoms with E-state index >= 15 is 0 Å². The Balaban J connectivity index is 1.61. The van der Waals surface area contributed by atoms with Crippen LogP contribution in [0.2, 0.25) is 0 Å². The number of hydrogen-bond donors (Lipinski definition) is 1. The number of aliphatic imine (C=N–C) groups is 1. The first-order chi connectivity index (χ1) is 12.2. The summed E-state index contributed by atoms with van der Waals surface area (Å²) < 4.78 is 0. The molecule has 0 unspecified atom stereocenters. The van der Waals surface area contributed by atoms with Crippen molar-refractivity contribution < 1.29 is 0 Å². The van der Waals surface area contributed by atoms with Gasteiger partial charge in [-0.05, 0) is 32.3 Å². The van der Waals surface area contributed by atoms with Crippen LogP contribution in [0.3, 0.4) is 0 Å². The highest BCUT2D eigenvalue weighted by Crippen LogP contribution is 2.20. The number of aryl methyl sites for hydroxylation is 1. The predicted octanol–water partition coefficient (Wildman–Crippen LogP) is 4.10. The number of aromatic nitrogens is 1. The van der Waals surface area contributed by atoms with Crippen LogP contribution >= 0.6 is 11.3 Å². The fourth-order valence-corrected chi connectivity index (χ4v) is 3.71. The Hall–Kier alpha value is -2.14. The van der Waals surface area contributed by atoms with E-state index in [0.717, 1.165) is 43.4 Å². The highest BCUT2D eigenvalue weighted by atomic mass is 32.1. The summed E-state index contributed by atoms with van der Waals surface area (Å²) in [6.07, 6.45) is 6.46. The molecule has 5 heteroatoms. The zero-order valence-corrected chi connectivity index (χ0v) is 15.9. The standard InChI is InChI=1S/C20H26N4S/c1-3-21-20(23-15-19-14-22-16(2)25-19)24-11-9-18(10-12-24)13-17-7-5-4-6-8-17/h4-8,13-14H,3,9-12,15H2,1-2H3,(H,21,23). The Morgan fingerprint density at radius 2 is 2.04 bits per heavy atom. The Morgan fingerprint density at radius 3 is 2.68 bits per heavy atom. The van der Waals surface area contributed by atoms with Gasteiger partial charge < -0.3 is 10.2 Å². The summed E-state index contributed by atoms with van der Waals surface area (Å²) in [7, 11) is 0. The topological polar surface area (TPSA) is 40.5 Å². The van der Waals surface area contributed by atoms with Gasteiger partial charge in [0.15, 0.2) is 5.96 Å². The van der Waals surface area contributed by atoms with Crippen molar-refractivity contribution in [1.29, 1.82) is 0 Å². The van der Waals surface area contributed by atoms with Gasteiger partial charge in [-0.15, -0.1) is 11.3 Å². The summed E-state index contributed by atoms with van der Waals surface area (Å²) in [4.78, 5) is 12.7. The van der Waals surface area contributed by atoms with Gasteiger partial charge in [0.2, 0.25) is 0 Å². The molecule has 2 aromatic rings. The molecule has 3 rings (SSSR count). The van der Waals surface area contributed by atoms with Crippen LogP contribution in [0, 0.1) is 6.92 Å². The third-order valence-corrected chi connectivity index (χ3v) is 5.16. The average Bonchev–Trinajstić information content (AvgIpc) is 3.06. The van der Waals surface area contributed by atoms with Crippen LogP contribution in [0.4, 0.5) is 0 Å². The third-order valence-electron chi connectivity index (χ3n) is 4.26. The summed E-state index contributed by atoms with van der Waals surface area (Å²) in [5.41, 5.74) is 2.82. The quantitative estimate of drug-likeness (QED) is 0.664. The van der Waals surface area contributed by atoms with Gasteiger partial charge in [-0.25, -0.2) is 9.98 Å². The number of guanidine groups is 1. The van der Waals surface area contributed by atoms with Crippen molar-refractivity contribution in [3.05, 3.63) is 57.6 Å². The van der Waals surface area contributed by atoms with Gasteiger partial charge in [-0.1, -0.05) is 42.0 Å². The summed E-state index contributed by atoms with van der Waals surface area (Å²) in [5, 5.41) is 4.54. The maximum atomic E-state index is 4.81. The molecule has 0 bridgehead atoms. The van der Waals surface area contributed by atoms with Crippen LogP contribution in [0.1, 0.15) is 35.2 Å². The lowest BCUT2D eigenvalue weighted by Crippen LogP contribution is -2.44. The van der Waals surface area contributed by atoms with E-state index in [0.29, 0.717) is 6.54 Å². The molecule has 1 aromatic carbocycles. The molecule has 1 fully saturated rings. The van der Waals surface area contributed by atoms with Gasteiger partial charge in [0.25, 0.3) is 0 Å². The van der Waals surface area contributed by atoms with Gasteiger partial charge in [0, 0.05) is 30.7 Å². The molecule has 1 saturated heterocycles. The van der Waals surface area contributed by atoms with E-state index in [1.54, 1.807) is 11.3 Å². The van der Waals surface area contributed by atoms with Crippen LogP contribution < -0.4 is 5.32 Å². The van der Waals surface area contributed by atoms with Crippen LogP contribution in [-0.4, -0.2) is 35.5 Å². The molecule has 0 amide bonds. The van der Waals surface area contributed by atoms with Crippen molar-refractivity contribution in [1.82, 2.24) is 15.2 Å². The number of nitrogens with one attached hydrogen (secondary N) is 1. The van der Waals surface area contributed by atoms with Gasteiger partial charge in [0.1, 0.15) is 0 Å². The fraction of sp³-hybridized carbons (Fsp3) is 0.400. The summed E-state index contributed by atoms with van der Waals surface area (Å²) >= 11 is 1.72. The molecule has 0 radical (unpaired) electrons. The van der Waals surface area contributed by atoms with Crippen LogP contribution in [0.5, 0.6) is 0 Å². The molecule has 1 aromatic heterocycles. The van der Waals surface area contributed by atoms with Crippen LogP contribution in [-0.2, 0) is 6.54 Å². The van der Waals surface area contributed by atoms with Crippen molar-refractivity contribution in [2.24, 2.45) is 4.99 Å². The molecule has 0 aliphatic carbocycles. The van der Waals surface area contributed by atoms with Gasteiger partial charge in [-0.3, -0.25) is 0 Å². The van der Waals surface area contributed by atoms with Crippen molar-refractivity contribution in [2.75, 3.05) is 19.6 Å². The molecule has 1 aliphatic heterocycles. The first-order valence-corrected chi connectivity index (χ1v) is 9.75. The van der Waals surface area contributed by atoms with Crippen molar-refractivity contribution in [3.8, 4) is 0 Å². The Bertz CT molecular complexity index is 723. The molecule has 4 nitrogen and oxygen atoms in total.